The number of hydrogen-bond acceptors (Lipinski definition) is 3. The summed E-state index contributed by atoms with van der Waals surface area (Å²) < 4.78 is 36.1. The lowest BCUT2D eigenvalue weighted by molar-refractivity contribution is -0.0542. The molecule has 0 radical (unpaired) electrons. The molecular weight excluding hydrogens is 370 g/mol. The van der Waals surface area contributed by atoms with Crippen LogP contribution in [0.2, 0.25) is 0 Å². The molecule has 0 N–H and O–H groups in total. The zero-order valence-corrected chi connectivity index (χ0v) is 16.0. The van der Waals surface area contributed by atoms with E-state index >= 15 is 8.78 Å². The predicted octanol–water partition coefficient (Wildman–Crippen LogP) is 6.42. The molecular formula is C24H20F2N2O. The Kier molecular flexibility index (Phi) is 3.95. The molecule has 0 saturated carbocycles. The molecule has 0 saturated heterocycles. The maximum absolute atomic E-state index is 15.3. The first kappa shape index (κ1) is 17.9. The minimum absolute atomic E-state index is 0.380. The van der Waals surface area contributed by atoms with Gasteiger partial charge in [0.2, 0.25) is 0 Å². The Bertz CT molecular complexity index is 1140. The highest BCUT2D eigenvalue weighted by molar-refractivity contribution is 5.73. The summed E-state index contributed by atoms with van der Waals surface area (Å²) in [7, 11) is 0. The summed E-state index contributed by atoms with van der Waals surface area (Å²) in [6, 6.07) is 24.5. The van der Waals surface area contributed by atoms with E-state index in [0.717, 1.165) is 16.9 Å². The van der Waals surface area contributed by atoms with Gasteiger partial charge in [0.05, 0.1) is 0 Å². The Labute approximate surface area is 167 Å². The average Bonchev–Trinajstić information content (AvgIpc) is 3.29. The molecule has 146 valence electrons. The van der Waals surface area contributed by atoms with Crippen LogP contribution < -0.4 is 4.90 Å². The van der Waals surface area contributed by atoms with Gasteiger partial charge in [-0.3, -0.25) is 0 Å². The van der Waals surface area contributed by atoms with Crippen molar-refractivity contribution in [1.29, 1.82) is 0 Å². The summed E-state index contributed by atoms with van der Waals surface area (Å²) in [5.74, 6) is -3.70. The minimum atomic E-state index is -3.19. The molecule has 4 aromatic rings. The van der Waals surface area contributed by atoms with Crippen LogP contribution in [-0.2, 0) is 11.3 Å². The third kappa shape index (κ3) is 2.97. The molecule has 0 fully saturated rings. The van der Waals surface area contributed by atoms with Gasteiger partial charge in [-0.25, -0.2) is 4.98 Å². The molecule has 5 heteroatoms. The van der Waals surface area contributed by atoms with Gasteiger partial charge in [0, 0.05) is 29.8 Å². The molecule has 3 nitrogen and oxygen atoms in total. The molecule has 0 amide bonds. The lowest BCUT2D eigenvalue weighted by Crippen LogP contribution is -2.34. The molecule has 0 aliphatic carbocycles. The monoisotopic (exact) mass is 390 g/mol. The van der Waals surface area contributed by atoms with Crippen molar-refractivity contribution in [1.82, 2.24) is 4.98 Å². The smallest absolute Gasteiger partial charge is 0.323 e. The van der Waals surface area contributed by atoms with Gasteiger partial charge in [-0.2, -0.15) is 8.78 Å². The number of rotatable bonds is 4. The van der Waals surface area contributed by atoms with Gasteiger partial charge in [0.1, 0.15) is 5.52 Å². The lowest BCUT2D eigenvalue weighted by atomic mass is 9.79. The van der Waals surface area contributed by atoms with Gasteiger partial charge in [-0.05, 0) is 35.9 Å². The molecule has 1 aromatic heterocycles. The molecule has 1 aliphatic heterocycles. The van der Waals surface area contributed by atoms with Crippen LogP contribution in [0.4, 0.5) is 20.2 Å². The average molecular weight is 390 g/mol. The van der Waals surface area contributed by atoms with Crippen LogP contribution in [-0.4, -0.2) is 11.5 Å². The van der Waals surface area contributed by atoms with Gasteiger partial charge in [0.15, 0.2) is 5.58 Å². The number of anilines is 2. The first-order chi connectivity index (χ1) is 14.0. The number of benzene rings is 3. The van der Waals surface area contributed by atoms with Gasteiger partial charge >= 0.3 is 5.92 Å². The molecule has 5 rings (SSSR count). The van der Waals surface area contributed by atoms with Crippen LogP contribution in [0.3, 0.4) is 0 Å². The number of hydrogen-bond donors (Lipinski definition) is 0. The van der Waals surface area contributed by atoms with E-state index < -0.39 is 17.2 Å². The van der Waals surface area contributed by atoms with Crippen molar-refractivity contribution in [2.24, 2.45) is 0 Å². The van der Waals surface area contributed by atoms with Crippen LogP contribution in [0.15, 0.2) is 83.3 Å². The molecule has 1 unspecified atom stereocenters. The Balaban J connectivity index is 1.53. The number of oxazole rings is 1. The Morgan fingerprint density at radius 3 is 2.45 bits per heavy atom. The summed E-state index contributed by atoms with van der Waals surface area (Å²) >= 11 is 0. The molecule has 2 heterocycles. The second-order valence-electron chi connectivity index (χ2n) is 7.87. The molecule has 0 spiro atoms. The van der Waals surface area contributed by atoms with E-state index in [2.05, 4.69) is 9.88 Å². The van der Waals surface area contributed by atoms with Crippen LogP contribution in [0.25, 0.3) is 11.1 Å². The predicted molar refractivity (Wildman–Crippen MR) is 110 cm³/mol. The molecule has 1 aliphatic rings. The fraction of sp³-hybridized carbons (Fsp3) is 0.208. The zero-order chi connectivity index (χ0) is 20.1. The highest BCUT2D eigenvalue weighted by Crippen LogP contribution is 2.50. The van der Waals surface area contributed by atoms with E-state index in [1.54, 1.807) is 24.3 Å². The summed E-state index contributed by atoms with van der Waals surface area (Å²) in [5.41, 5.74) is 2.95. The van der Waals surface area contributed by atoms with E-state index in [0.29, 0.717) is 17.6 Å². The fourth-order valence-electron chi connectivity index (χ4n) is 4.32. The number of fused-ring (bicyclic) bond motifs is 2. The fourth-order valence-corrected chi connectivity index (χ4v) is 4.32. The second-order valence-corrected chi connectivity index (χ2v) is 7.87. The number of aromatic nitrogens is 1. The molecule has 1 atom stereocenters. The quantitative estimate of drug-likeness (QED) is 0.403. The first-order valence-electron chi connectivity index (χ1n) is 9.62. The first-order valence-corrected chi connectivity index (χ1v) is 9.62. The van der Waals surface area contributed by atoms with Gasteiger partial charge in [-0.15, -0.1) is 0 Å². The lowest BCUT2D eigenvalue weighted by Gasteiger charge is -2.29. The summed E-state index contributed by atoms with van der Waals surface area (Å²) in [4.78, 5) is 6.17. The summed E-state index contributed by atoms with van der Waals surface area (Å²) in [5, 5.41) is 0. The maximum Gasteiger partial charge on any atom is 0.323 e. The minimum Gasteiger partial charge on any atom is -0.435 e. The van der Waals surface area contributed by atoms with E-state index in [1.807, 2.05) is 61.5 Å². The van der Waals surface area contributed by atoms with Crippen LogP contribution in [0, 0.1) is 0 Å². The van der Waals surface area contributed by atoms with E-state index in [-0.39, 0.29) is 6.42 Å². The summed E-state index contributed by atoms with van der Waals surface area (Å²) in [6.07, 6.45) is -0.382. The maximum atomic E-state index is 15.3. The third-order valence-corrected chi connectivity index (χ3v) is 5.64. The highest BCUT2D eigenvalue weighted by atomic mass is 19.3. The topological polar surface area (TPSA) is 29.3 Å². The Morgan fingerprint density at radius 2 is 1.66 bits per heavy atom. The number of alkyl halides is 2. The van der Waals surface area contributed by atoms with Crippen molar-refractivity contribution >= 4 is 22.5 Å². The van der Waals surface area contributed by atoms with Crippen molar-refractivity contribution in [3.8, 4) is 0 Å². The normalized spacial score (nSPS) is 18.9. The number of nitrogens with zero attached hydrogens (tertiary/aromatic N) is 2. The Morgan fingerprint density at radius 1 is 0.966 bits per heavy atom. The van der Waals surface area contributed by atoms with E-state index in [1.165, 1.54) is 0 Å². The third-order valence-electron chi connectivity index (χ3n) is 5.64. The van der Waals surface area contributed by atoms with Crippen molar-refractivity contribution in [2.75, 3.05) is 11.4 Å². The van der Waals surface area contributed by atoms with Crippen molar-refractivity contribution in [3.63, 3.8) is 0 Å². The summed E-state index contributed by atoms with van der Waals surface area (Å²) in [6.45, 7) is 2.36. The number of halogens is 2. The van der Waals surface area contributed by atoms with Gasteiger partial charge in [0.25, 0.3) is 5.89 Å². The van der Waals surface area contributed by atoms with Crippen LogP contribution >= 0.6 is 0 Å². The standard InChI is InChI=1S/C24H20F2N2O/c1-23(15-24(25,26)22-27-19-12-6-8-14-21(19)29-22)16-28(17-9-3-2-4-10-17)20-13-7-5-11-18(20)23/h2-14H,15-16H2,1H3. The van der Waals surface area contributed by atoms with Crippen molar-refractivity contribution in [2.45, 2.75) is 24.7 Å². The highest BCUT2D eigenvalue weighted by Gasteiger charge is 2.49. The number of para-hydroxylation sites is 4. The largest absolute Gasteiger partial charge is 0.435 e. The Hall–Kier alpha value is -3.21. The van der Waals surface area contributed by atoms with Gasteiger partial charge < -0.3 is 9.32 Å². The molecule has 3 aromatic carbocycles. The zero-order valence-electron chi connectivity index (χ0n) is 16.0. The van der Waals surface area contributed by atoms with E-state index in [4.69, 9.17) is 4.42 Å². The van der Waals surface area contributed by atoms with Gasteiger partial charge in [-0.1, -0.05) is 55.5 Å². The SMILES string of the molecule is CC1(CC(F)(F)c2nc3ccccc3o2)CN(c2ccccc2)c2ccccc21. The van der Waals surface area contributed by atoms with Crippen molar-refractivity contribution < 1.29 is 13.2 Å². The second kappa shape index (κ2) is 6.41. The van der Waals surface area contributed by atoms with Crippen LogP contribution in [0.5, 0.6) is 0 Å². The molecule has 29 heavy (non-hydrogen) atoms. The molecule has 0 bridgehead atoms. The van der Waals surface area contributed by atoms with Crippen molar-refractivity contribution in [3.05, 3.63) is 90.3 Å². The van der Waals surface area contributed by atoms with E-state index in [9.17, 15) is 0 Å². The van der Waals surface area contributed by atoms with Crippen LogP contribution in [0.1, 0.15) is 24.8 Å².